The lowest BCUT2D eigenvalue weighted by molar-refractivity contribution is -0.130. The van der Waals surface area contributed by atoms with E-state index in [2.05, 4.69) is 13.8 Å². The molecule has 1 atom stereocenters. The molecule has 0 spiro atoms. The standard InChI is InChI=1S/C15H32N2O/c1-4-5-6-7-8-9-10-11-15(18)17(3)13-14(2)12-16/h14H,4-13,16H2,1-3H3. The topological polar surface area (TPSA) is 46.3 Å². The van der Waals surface area contributed by atoms with Crippen molar-refractivity contribution in [1.82, 2.24) is 4.90 Å². The summed E-state index contributed by atoms with van der Waals surface area (Å²) in [6.07, 6.45) is 9.50. The highest BCUT2D eigenvalue weighted by molar-refractivity contribution is 5.75. The molecule has 1 unspecified atom stereocenters. The molecule has 0 radical (unpaired) electrons. The number of hydrogen-bond acceptors (Lipinski definition) is 2. The van der Waals surface area contributed by atoms with Gasteiger partial charge in [-0.25, -0.2) is 0 Å². The lowest BCUT2D eigenvalue weighted by atomic mass is 10.1. The summed E-state index contributed by atoms with van der Waals surface area (Å²) in [7, 11) is 1.88. The maximum absolute atomic E-state index is 11.8. The van der Waals surface area contributed by atoms with E-state index in [1.165, 1.54) is 38.5 Å². The molecule has 0 aliphatic rings. The van der Waals surface area contributed by atoms with E-state index < -0.39 is 0 Å². The summed E-state index contributed by atoms with van der Waals surface area (Å²) in [5.74, 6) is 0.664. The summed E-state index contributed by atoms with van der Waals surface area (Å²) in [5, 5.41) is 0. The highest BCUT2D eigenvalue weighted by atomic mass is 16.2. The van der Waals surface area contributed by atoms with Gasteiger partial charge in [0.25, 0.3) is 0 Å². The Labute approximate surface area is 113 Å². The third kappa shape index (κ3) is 9.46. The van der Waals surface area contributed by atoms with Gasteiger partial charge in [0.2, 0.25) is 5.91 Å². The maximum atomic E-state index is 11.8. The second-order valence-corrected chi connectivity index (χ2v) is 5.49. The lowest BCUT2D eigenvalue weighted by Gasteiger charge is -2.20. The number of amides is 1. The first-order valence-corrected chi connectivity index (χ1v) is 7.55. The van der Waals surface area contributed by atoms with E-state index in [9.17, 15) is 4.79 Å². The van der Waals surface area contributed by atoms with Crippen LogP contribution < -0.4 is 5.73 Å². The van der Waals surface area contributed by atoms with Gasteiger partial charge in [-0.3, -0.25) is 4.79 Å². The van der Waals surface area contributed by atoms with Crippen LogP contribution in [0.3, 0.4) is 0 Å². The molecule has 0 aromatic carbocycles. The minimum absolute atomic E-state index is 0.267. The van der Waals surface area contributed by atoms with Gasteiger partial charge >= 0.3 is 0 Å². The predicted molar refractivity (Wildman–Crippen MR) is 78.5 cm³/mol. The molecule has 0 aromatic rings. The van der Waals surface area contributed by atoms with Gasteiger partial charge < -0.3 is 10.6 Å². The normalized spacial score (nSPS) is 12.4. The second-order valence-electron chi connectivity index (χ2n) is 5.49. The Morgan fingerprint density at radius 3 is 2.22 bits per heavy atom. The van der Waals surface area contributed by atoms with E-state index in [4.69, 9.17) is 5.73 Å². The molecule has 0 saturated carbocycles. The van der Waals surface area contributed by atoms with Crippen LogP contribution in [-0.2, 0) is 4.79 Å². The van der Waals surface area contributed by atoms with Gasteiger partial charge in [0.05, 0.1) is 0 Å². The van der Waals surface area contributed by atoms with Crippen molar-refractivity contribution in [1.29, 1.82) is 0 Å². The van der Waals surface area contributed by atoms with E-state index in [1.807, 2.05) is 11.9 Å². The molecule has 3 nitrogen and oxygen atoms in total. The van der Waals surface area contributed by atoms with Gasteiger partial charge in [0, 0.05) is 20.0 Å². The van der Waals surface area contributed by atoms with Crippen molar-refractivity contribution in [3.63, 3.8) is 0 Å². The van der Waals surface area contributed by atoms with Crippen LogP contribution in [0.4, 0.5) is 0 Å². The molecule has 0 aliphatic heterocycles. The van der Waals surface area contributed by atoms with Crippen LogP contribution in [0.25, 0.3) is 0 Å². The third-order valence-corrected chi connectivity index (χ3v) is 3.41. The molecule has 0 rings (SSSR count). The summed E-state index contributed by atoms with van der Waals surface area (Å²) in [6, 6.07) is 0. The van der Waals surface area contributed by atoms with Crippen molar-refractivity contribution < 1.29 is 4.79 Å². The van der Waals surface area contributed by atoms with Crippen LogP contribution in [0, 0.1) is 5.92 Å². The number of nitrogens with two attached hydrogens (primary N) is 1. The van der Waals surface area contributed by atoms with Crippen LogP contribution in [0.5, 0.6) is 0 Å². The number of hydrogen-bond donors (Lipinski definition) is 1. The minimum atomic E-state index is 0.267. The average molecular weight is 256 g/mol. The highest BCUT2D eigenvalue weighted by Gasteiger charge is 2.10. The van der Waals surface area contributed by atoms with E-state index in [1.54, 1.807) is 0 Å². The van der Waals surface area contributed by atoms with Crippen LogP contribution in [-0.4, -0.2) is 30.9 Å². The molecule has 0 fully saturated rings. The van der Waals surface area contributed by atoms with Crippen molar-refractivity contribution in [3.05, 3.63) is 0 Å². The molecule has 3 heteroatoms. The quantitative estimate of drug-likeness (QED) is 0.577. The Bertz CT molecular complexity index is 207. The molecule has 1 amide bonds. The fourth-order valence-corrected chi connectivity index (χ4v) is 2.07. The number of carbonyl (C=O) groups is 1. The zero-order valence-corrected chi connectivity index (χ0v) is 12.6. The molecule has 0 aromatic heterocycles. The monoisotopic (exact) mass is 256 g/mol. The Morgan fingerprint density at radius 1 is 1.11 bits per heavy atom. The molecule has 108 valence electrons. The van der Waals surface area contributed by atoms with E-state index in [-0.39, 0.29) is 5.91 Å². The van der Waals surface area contributed by atoms with Crippen LogP contribution in [0.15, 0.2) is 0 Å². The molecular formula is C15H32N2O. The lowest BCUT2D eigenvalue weighted by Crippen LogP contribution is -2.33. The summed E-state index contributed by atoms with van der Waals surface area (Å²) >= 11 is 0. The first kappa shape index (κ1) is 17.4. The van der Waals surface area contributed by atoms with Crippen molar-refractivity contribution >= 4 is 5.91 Å². The van der Waals surface area contributed by atoms with Crippen molar-refractivity contribution in [3.8, 4) is 0 Å². The molecule has 0 aliphatic carbocycles. The van der Waals surface area contributed by atoms with E-state index in [0.717, 1.165) is 13.0 Å². The smallest absolute Gasteiger partial charge is 0.222 e. The van der Waals surface area contributed by atoms with Crippen molar-refractivity contribution in [2.45, 2.75) is 65.2 Å². The first-order valence-electron chi connectivity index (χ1n) is 7.55. The first-order chi connectivity index (χ1) is 8.61. The van der Waals surface area contributed by atoms with Crippen LogP contribution in [0.2, 0.25) is 0 Å². The third-order valence-electron chi connectivity index (χ3n) is 3.41. The second kappa shape index (κ2) is 11.5. The summed E-state index contributed by atoms with van der Waals surface area (Å²) in [6.45, 7) is 5.75. The van der Waals surface area contributed by atoms with Gasteiger partial charge in [-0.1, -0.05) is 52.4 Å². The fraction of sp³-hybridized carbons (Fsp3) is 0.933. The zero-order valence-electron chi connectivity index (χ0n) is 12.6. The number of unbranched alkanes of at least 4 members (excludes halogenated alkanes) is 6. The molecule has 0 saturated heterocycles. The Morgan fingerprint density at radius 2 is 1.67 bits per heavy atom. The van der Waals surface area contributed by atoms with Gasteiger partial charge in [0.1, 0.15) is 0 Å². The molecule has 0 bridgehead atoms. The Balaban J connectivity index is 3.46. The van der Waals surface area contributed by atoms with Gasteiger partial charge in [-0.15, -0.1) is 0 Å². The number of rotatable bonds is 11. The number of carbonyl (C=O) groups excluding carboxylic acids is 1. The molecule has 18 heavy (non-hydrogen) atoms. The van der Waals surface area contributed by atoms with Gasteiger partial charge in [-0.2, -0.15) is 0 Å². The molecular weight excluding hydrogens is 224 g/mol. The molecule has 2 N–H and O–H groups in total. The maximum Gasteiger partial charge on any atom is 0.222 e. The number of nitrogens with zero attached hydrogens (tertiary/aromatic N) is 1. The van der Waals surface area contributed by atoms with Crippen LogP contribution in [0.1, 0.15) is 65.2 Å². The zero-order chi connectivity index (χ0) is 13.8. The van der Waals surface area contributed by atoms with Crippen molar-refractivity contribution in [2.75, 3.05) is 20.1 Å². The predicted octanol–water partition coefficient (Wildman–Crippen LogP) is 3.18. The SMILES string of the molecule is CCCCCCCCCC(=O)N(C)CC(C)CN. The largest absolute Gasteiger partial charge is 0.345 e. The van der Waals surface area contributed by atoms with Gasteiger partial charge in [0.15, 0.2) is 0 Å². The fourth-order valence-electron chi connectivity index (χ4n) is 2.07. The minimum Gasteiger partial charge on any atom is -0.345 e. The highest BCUT2D eigenvalue weighted by Crippen LogP contribution is 2.09. The van der Waals surface area contributed by atoms with Crippen LogP contribution >= 0.6 is 0 Å². The summed E-state index contributed by atoms with van der Waals surface area (Å²) < 4.78 is 0. The summed E-state index contributed by atoms with van der Waals surface area (Å²) in [4.78, 5) is 13.6. The Hall–Kier alpha value is -0.570. The average Bonchev–Trinajstić information content (AvgIpc) is 2.37. The van der Waals surface area contributed by atoms with E-state index in [0.29, 0.717) is 18.9 Å². The van der Waals surface area contributed by atoms with Gasteiger partial charge in [-0.05, 0) is 18.9 Å². The van der Waals surface area contributed by atoms with E-state index >= 15 is 0 Å². The molecule has 0 heterocycles. The Kier molecular flexibility index (Phi) is 11.2. The summed E-state index contributed by atoms with van der Waals surface area (Å²) in [5.41, 5.74) is 5.56. The van der Waals surface area contributed by atoms with Crippen molar-refractivity contribution in [2.24, 2.45) is 11.7 Å².